The Bertz CT molecular complexity index is 1100. The van der Waals surface area contributed by atoms with E-state index in [0.717, 1.165) is 11.3 Å². The monoisotopic (exact) mass is 486 g/mol. The molecule has 1 amide bonds. The Balaban J connectivity index is 1.55. The highest BCUT2D eigenvalue weighted by molar-refractivity contribution is 7.17. The van der Waals surface area contributed by atoms with Crippen LogP contribution in [0.5, 0.6) is 5.75 Å². The molecule has 2 heterocycles. The van der Waals surface area contributed by atoms with Crippen LogP contribution in [-0.4, -0.2) is 34.8 Å². The smallest absolute Gasteiger partial charge is 0.462 e. The van der Waals surface area contributed by atoms with E-state index in [2.05, 4.69) is 25.3 Å². The molecule has 0 aliphatic rings. The molecular weight excluding hydrogens is 469 g/mol. The van der Waals surface area contributed by atoms with Crippen molar-refractivity contribution in [1.82, 2.24) is 9.97 Å². The van der Waals surface area contributed by atoms with Crippen LogP contribution in [0.2, 0.25) is 0 Å². The first kappa shape index (κ1) is 23.5. The van der Waals surface area contributed by atoms with Crippen LogP contribution in [0.4, 0.5) is 29.1 Å². The number of thiazole rings is 2. The molecule has 0 unspecified atom stereocenters. The predicted molar refractivity (Wildman–Crippen MR) is 114 cm³/mol. The Morgan fingerprint density at radius 3 is 2.50 bits per heavy atom. The molecule has 170 valence electrons. The summed E-state index contributed by atoms with van der Waals surface area (Å²) in [7, 11) is 0. The van der Waals surface area contributed by atoms with E-state index in [9.17, 15) is 22.8 Å². The second-order valence-electron chi connectivity index (χ2n) is 6.22. The SMILES string of the molecule is CCOC(=O)c1sc(NC(=O)Cc2csc(Nc3ccc(OC(F)(F)F)cc3)n2)nc1C. The maximum atomic E-state index is 12.3. The third-order valence-corrected chi connectivity index (χ3v) is 5.60. The number of hydrogen-bond acceptors (Lipinski definition) is 9. The van der Waals surface area contributed by atoms with E-state index in [1.807, 2.05) is 0 Å². The highest BCUT2D eigenvalue weighted by Crippen LogP contribution is 2.27. The van der Waals surface area contributed by atoms with Crippen LogP contribution in [-0.2, 0) is 16.0 Å². The Morgan fingerprint density at radius 1 is 1.12 bits per heavy atom. The van der Waals surface area contributed by atoms with Crippen LogP contribution in [0.1, 0.15) is 28.0 Å². The summed E-state index contributed by atoms with van der Waals surface area (Å²) in [5.74, 6) is -1.18. The molecule has 13 heteroatoms. The number of carbonyl (C=O) groups excluding carboxylic acids is 2. The standard InChI is InChI=1S/C19H17F3N4O4S2/c1-3-29-16(28)15-10(2)23-18(32-15)26-14(27)8-12-9-31-17(25-12)24-11-4-6-13(7-5-11)30-19(20,21)22/h4-7,9H,3,8H2,1-2H3,(H,24,25)(H,23,26,27). The van der Waals surface area contributed by atoms with Crippen LogP contribution in [0.15, 0.2) is 29.6 Å². The molecule has 8 nitrogen and oxygen atoms in total. The van der Waals surface area contributed by atoms with Crippen LogP contribution in [0.25, 0.3) is 0 Å². The maximum absolute atomic E-state index is 12.3. The van der Waals surface area contributed by atoms with Crippen molar-refractivity contribution in [3.05, 3.63) is 45.9 Å². The number of alkyl halides is 3. The van der Waals surface area contributed by atoms with Crippen LogP contribution in [0.3, 0.4) is 0 Å². The van der Waals surface area contributed by atoms with Crippen LogP contribution in [0, 0.1) is 6.92 Å². The van der Waals surface area contributed by atoms with Gasteiger partial charge in [0.1, 0.15) is 10.6 Å². The number of halogens is 3. The molecule has 3 rings (SSSR count). The molecule has 1 aromatic carbocycles. The first-order valence-corrected chi connectivity index (χ1v) is 10.8. The zero-order valence-electron chi connectivity index (χ0n) is 16.8. The Morgan fingerprint density at radius 2 is 1.84 bits per heavy atom. The number of benzene rings is 1. The van der Waals surface area contributed by atoms with Crippen LogP contribution < -0.4 is 15.4 Å². The molecule has 0 spiro atoms. The lowest BCUT2D eigenvalue weighted by Gasteiger charge is -2.09. The molecular formula is C19H17F3N4O4S2. The molecule has 2 N–H and O–H groups in total. The second kappa shape index (κ2) is 9.96. The number of aromatic nitrogens is 2. The average molecular weight is 486 g/mol. The summed E-state index contributed by atoms with van der Waals surface area (Å²) in [4.78, 5) is 32.9. The number of hydrogen-bond donors (Lipinski definition) is 2. The lowest BCUT2D eigenvalue weighted by Crippen LogP contribution is -2.16. The molecule has 2 aromatic heterocycles. The highest BCUT2D eigenvalue weighted by atomic mass is 32.1. The summed E-state index contributed by atoms with van der Waals surface area (Å²) < 4.78 is 45.4. The van der Waals surface area contributed by atoms with E-state index in [4.69, 9.17) is 4.74 Å². The van der Waals surface area contributed by atoms with Gasteiger partial charge in [0, 0.05) is 11.1 Å². The first-order chi connectivity index (χ1) is 15.1. The number of amides is 1. The summed E-state index contributed by atoms with van der Waals surface area (Å²) in [6.45, 7) is 3.59. The molecule has 0 saturated heterocycles. The molecule has 3 aromatic rings. The van der Waals surface area contributed by atoms with Gasteiger partial charge in [-0.25, -0.2) is 14.8 Å². The summed E-state index contributed by atoms with van der Waals surface area (Å²) in [5.41, 5.74) is 1.47. The average Bonchev–Trinajstić information content (AvgIpc) is 3.28. The van der Waals surface area contributed by atoms with Crippen molar-refractivity contribution in [2.45, 2.75) is 26.6 Å². The Hall–Kier alpha value is -3.19. The van der Waals surface area contributed by atoms with E-state index in [0.29, 0.717) is 27.1 Å². The summed E-state index contributed by atoms with van der Waals surface area (Å²) in [6, 6.07) is 5.19. The maximum Gasteiger partial charge on any atom is 0.573 e. The molecule has 0 bridgehead atoms. The second-order valence-corrected chi connectivity index (χ2v) is 8.08. The third kappa shape index (κ3) is 6.65. The Kier molecular flexibility index (Phi) is 7.30. The van der Waals surface area contributed by atoms with Crippen molar-refractivity contribution in [3.8, 4) is 5.75 Å². The fourth-order valence-corrected chi connectivity index (χ4v) is 4.08. The number of rotatable bonds is 8. The molecule has 0 saturated carbocycles. The third-order valence-electron chi connectivity index (χ3n) is 3.74. The van der Waals surface area contributed by atoms with Crippen molar-refractivity contribution in [2.24, 2.45) is 0 Å². The van der Waals surface area contributed by atoms with Crippen LogP contribution >= 0.6 is 22.7 Å². The van der Waals surface area contributed by atoms with E-state index >= 15 is 0 Å². The zero-order valence-corrected chi connectivity index (χ0v) is 18.4. The highest BCUT2D eigenvalue weighted by Gasteiger charge is 2.31. The van der Waals surface area contributed by atoms with Gasteiger partial charge in [-0.05, 0) is 38.1 Å². The fraction of sp³-hybridized carbons (Fsp3) is 0.263. The number of carbonyl (C=O) groups is 2. The lowest BCUT2D eigenvalue weighted by atomic mass is 10.3. The molecule has 0 radical (unpaired) electrons. The minimum absolute atomic E-state index is 0.0239. The fourth-order valence-electron chi connectivity index (χ4n) is 2.47. The van der Waals surface area contributed by atoms with Crippen molar-refractivity contribution >= 4 is 50.5 Å². The van der Waals surface area contributed by atoms with Gasteiger partial charge in [0.25, 0.3) is 0 Å². The quantitative estimate of drug-likeness (QED) is 0.436. The minimum Gasteiger partial charge on any atom is -0.462 e. The number of anilines is 3. The first-order valence-electron chi connectivity index (χ1n) is 9.14. The van der Waals surface area contributed by atoms with Gasteiger partial charge in [0.2, 0.25) is 5.91 Å². The lowest BCUT2D eigenvalue weighted by molar-refractivity contribution is -0.274. The molecule has 32 heavy (non-hydrogen) atoms. The van der Waals surface area contributed by atoms with Gasteiger partial charge in [0.05, 0.1) is 24.4 Å². The number of nitrogens with one attached hydrogen (secondary N) is 2. The topological polar surface area (TPSA) is 102 Å². The number of nitrogens with zero attached hydrogens (tertiary/aromatic N) is 2. The van der Waals surface area contributed by atoms with Gasteiger partial charge in [-0.1, -0.05) is 11.3 Å². The van der Waals surface area contributed by atoms with E-state index < -0.39 is 12.3 Å². The van der Waals surface area contributed by atoms with E-state index in [1.54, 1.807) is 19.2 Å². The van der Waals surface area contributed by atoms with E-state index in [-0.39, 0.29) is 29.8 Å². The van der Waals surface area contributed by atoms with Crippen molar-refractivity contribution in [1.29, 1.82) is 0 Å². The van der Waals surface area contributed by atoms with Gasteiger partial charge in [-0.3, -0.25) is 4.79 Å². The minimum atomic E-state index is -4.75. The van der Waals surface area contributed by atoms with Crippen molar-refractivity contribution < 1.29 is 32.2 Å². The predicted octanol–water partition coefficient (Wildman–Crippen LogP) is 4.91. The van der Waals surface area contributed by atoms with Gasteiger partial charge < -0.3 is 20.1 Å². The van der Waals surface area contributed by atoms with Crippen molar-refractivity contribution in [3.63, 3.8) is 0 Å². The Labute approximate surface area is 188 Å². The number of ether oxygens (including phenoxy) is 2. The molecule has 0 fully saturated rings. The summed E-state index contributed by atoms with van der Waals surface area (Å²) >= 11 is 2.26. The zero-order chi connectivity index (χ0) is 23.3. The van der Waals surface area contributed by atoms with Gasteiger partial charge in [-0.15, -0.1) is 24.5 Å². The van der Waals surface area contributed by atoms with Gasteiger partial charge >= 0.3 is 12.3 Å². The molecule has 0 aliphatic heterocycles. The summed E-state index contributed by atoms with van der Waals surface area (Å²) in [6.07, 6.45) is -4.78. The van der Waals surface area contributed by atoms with Crippen molar-refractivity contribution in [2.75, 3.05) is 17.2 Å². The van der Waals surface area contributed by atoms with Gasteiger partial charge in [-0.2, -0.15) is 0 Å². The largest absolute Gasteiger partial charge is 0.573 e. The number of aryl methyl sites for hydroxylation is 1. The normalized spacial score (nSPS) is 11.2. The van der Waals surface area contributed by atoms with Gasteiger partial charge in [0.15, 0.2) is 10.3 Å². The molecule has 0 atom stereocenters. The number of esters is 1. The van der Waals surface area contributed by atoms with E-state index in [1.165, 1.54) is 35.6 Å². The molecule has 0 aliphatic carbocycles. The summed E-state index contributed by atoms with van der Waals surface area (Å²) in [5, 5.41) is 8.01.